The molecule has 0 radical (unpaired) electrons. The number of rotatable bonds is 2. The van der Waals surface area contributed by atoms with E-state index in [9.17, 15) is 9.59 Å². The molecule has 0 bridgehead atoms. The fourth-order valence-electron chi connectivity index (χ4n) is 4.30. The molecule has 2 aromatic heterocycles. The lowest BCUT2D eigenvalue weighted by molar-refractivity contribution is 0.0189. The predicted molar refractivity (Wildman–Crippen MR) is 112 cm³/mol. The number of hydrogen-bond donors (Lipinski definition) is 2. The van der Waals surface area contributed by atoms with E-state index in [0.29, 0.717) is 25.1 Å². The molecule has 30 heavy (non-hydrogen) atoms. The molecule has 9 nitrogen and oxygen atoms in total. The van der Waals surface area contributed by atoms with Crippen molar-refractivity contribution >= 4 is 17.9 Å². The number of nitrogens with zero attached hydrogens (tertiary/aromatic N) is 4. The third-order valence-electron chi connectivity index (χ3n) is 5.66. The number of nitrogen functional groups attached to an aromatic ring is 1. The van der Waals surface area contributed by atoms with Crippen LogP contribution in [0.2, 0.25) is 0 Å². The largest absolute Gasteiger partial charge is 0.444 e. The Morgan fingerprint density at radius 3 is 2.53 bits per heavy atom. The number of aryl methyl sites for hydroxylation is 1. The predicted octanol–water partition coefficient (Wildman–Crippen LogP) is 2.30. The molecule has 0 unspecified atom stereocenters. The number of carbonyl (C=O) groups excluding carboxylic acids is 2. The van der Waals surface area contributed by atoms with E-state index in [2.05, 4.69) is 14.5 Å². The number of piperidine rings is 1. The van der Waals surface area contributed by atoms with Gasteiger partial charge in [-0.05, 0) is 57.6 Å². The Balaban J connectivity index is 1.64. The van der Waals surface area contributed by atoms with Gasteiger partial charge in [0.2, 0.25) is 5.95 Å². The molecule has 1 aliphatic carbocycles. The van der Waals surface area contributed by atoms with Gasteiger partial charge in [-0.1, -0.05) is 0 Å². The van der Waals surface area contributed by atoms with Crippen molar-refractivity contribution in [1.82, 2.24) is 19.4 Å². The maximum Gasteiger partial charge on any atom is 0.410 e. The highest BCUT2D eigenvalue weighted by Gasteiger charge is 2.33. The minimum absolute atomic E-state index is 0.118. The van der Waals surface area contributed by atoms with Gasteiger partial charge in [0.25, 0.3) is 5.91 Å². The van der Waals surface area contributed by atoms with Crippen molar-refractivity contribution in [2.75, 3.05) is 18.8 Å². The summed E-state index contributed by atoms with van der Waals surface area (Å²) in [5.41, 5.74) is 15.1. The minimum Gasteiger partial charge on any atom is -0.444 e. The van der Waals surface area contributed by atoms with Gasteiger partial charge in [0.15, 0.2) is 0 Å². The number of primary amides is 1. The van der Waals surface area contributed by atoms with Crippen LogP contribution in [0, 0.1) is 0 Å². The molecule has 0 spiro atoms. The molecule has 0 atom stereocenters. The maximum absolute atomic E-state index is 12.4. The Hall–Kier alpha value is -3.10. The van der Waals surface area contributed by atoms with Gasteiger partial charge >= 0.3 is 6.09 Å². The zero-order valence-corrected chi connectivity index (χ0v) is 17.6. The van der Waals surface area contributed by atoms with E-state index < -0.39 is 11.5 Å². The lowest BCUT2D eigenvalue weighted by Gasteiger charge is -2.35. The van der Waals surface area contributed by atoms with Crippen molar-refractivity contribution in [2.24, 2.45) is 5.73 Å². The third-order valence-corrected chi connectivity index (χ3v) is 5.66. The SMILES string of the molecule is CC(C)(C)OC(=O)N1CCC(n2cc(C(N)=O)c3c2-c2nc(N)ncc2CC3)CC1. The van der Waals surface area contributed by atoms with Crippen LogP contribution >= 0.6 is 0 Å². The second-order valence-corrected chi connectivity index (χ2v) is 8.94. The summed E-state index contributed by atoms with van der Waals surface area (Å²) < 4.78 is 7.60. The Bertz CT molecular complexity index is 999. The molecule has 1 fully saturated rings. The van der Waals surface area contributed by atoms with E-state index >= 15 is 0 Å². The number of ether oxygens (including phenoxy) is 1. The van der Waals surface area contributed by atoms with Gasteiger partial charge in [-0.2, -0.15) is 0 Å². The maximum atomic E-state index is 12.4. The van der Waals surface area contributed by atoms with Gasteiger partial charge < -0.3 is 25.7 Å². The number of anilines is 1. The van der Waals surface area contributed by atoms with Crippen molar-refractivity contribution in [3.8, 4) is 11.4 Å². The van der Waals surface area contributed by atoms with E-state index in [1.54, 1.807) is 11.1 Å². The second kappa shape index (κ2) is 7.30. The van der Waals surface area contributed by atoms with E-state index in [1.165, 1.54) is 0 Å². The first-order valence-corrected chi connectivity index (χ1v) is 10.3. The summed E-state index contributed by atoms with van der Waals surface area (Å²) in [6.45, 7) is 6.74. The third kappa shape index (κ3) is 3.71. The van der Waals surface area contributed by atoms with E-state index in [-0.39, 0.29) is 18.1 Å². The van der Waals surface area contributed by atoms with Gasteiger partial charge in [-0.15, -0.1) is 0 Å². The van der Waals surface area contributed by atoms with Crippen LogP contribution in [0.15, 0.2) is 12.4 Å². The topological polar surface area (TPSA) is 129 Å². The number of nitrogens with two attached hydrogens (primary N) is 2. The van der Waals surface area contributed by atoms with Crippen LogP contribution in [0.25, 0.3) is 11.4 Å². The fourth-order valence-corrected chi connectivity index (χ4v) is 4.30. The Morgan fingerprint density at radius 2 is 1.90 bits per heavy atom. The monoisotopic (exact) mass is 412 g/mol. The normalized spacial score (nSPS) is 16.7. The molecule has 3 heterocycles. The number of carbonyl (C=O) groups is 2. The highest BCUT2D eigenvalue weighted by atomic mass is 16.6. The summed E-state index contributed by atoms with van der Waals surface area (Å²) in [5, 5.41) is 0. The summed E-state index contributed by atoms with van der Waals surface area (Å²) in [6, 6.07) is 0.118. The summed E-state index contributed by atoms with van der Waals surface area (Å²) >= 11 is 0. The highest BCUT2D eigenvalue weighted by molar-refractivity contribution is 5.96. The smallest absolute Gasteiger partial charge is 0.410 e. The van der Waals surface area contributed by atoms with Crippen LogP contribution in [0.3, 0.4) is 0 Å². The number of hydrogen-bond acceptors (Lipinski definition) is 6. The van der Waals surface area contributed by atoms with Gasteiger partial charge in [0, 0.05) is 31.5 Å². The van der Waals surface area contributed by atoms with Crippen LogP contribution < -0.4 is 11.5 Å². The Morgan fingerprint density at radius 1 is 1.20 bits per heavy atom. The standard InChI is InChI=1S/C21H28N6O3/c1-21(2,3)30-20(29)26-8-6-13(7-9-26)27-11-15(18(22)28)14-5-4-12-10-24-19(23)25-16(12)17(14)27/h10-11,13H,4-9H2,1-3H3,(H2,22,28)(H2,23,24,25). The lowest BCUT2D eigenvalue weighted by atomic mass is 9.92. The molecule has 2 aliphatic rings. The van der Waals surface area contributed by atoms with Gasteiger partial charge in [-0.25, -0.2) is 14.8 Å². The van der Waals surface area contributed by atoms with E-state index in [0.717, 1.165) is 41.8 Å². The van der Waals surface area contributed by atoms with E-state index in [1.807, 2.05) is 27.0 Å². The number of amides is 2. The average Bonchev–Trinajstić information content (AvgIpc) is 3.07. The lowest BCUT2D eigenvalue weighted by Crippen LogP contribution is -2.42. The first kappa shape index (κ1) is 20.2. The first-order valence-electron chi connectivity index (χ1n) is 10.3. The minimum atomic E-state index is -0.521. The molecule has 2 aromatic rings. The average molecular weight is 412 g/mol. The molecular weight excluding hydrogens is 384 g/mol. The van der Waals surface area contributed by atoms with Crippen molar-refractivity contribution in [3.63, 3.8) is 0 Å². The molecule has 1 saturated heterocycles. The molecule has 2 amide bonds. The highest BCUT2D eigenvalue weighted by Crippen LogP contribution is 2.39. The Labute approximate surface area is 175 Å². The summed E-state index contributed by atoms with van der Waals surface area (Å²) in [5.74, 6) is -0.239. The molecular formula is C21H28N6O3. The van der Waals surface area contributed by atoms with Crippen molar-refractivity contribution in [2.45, 2.75) is 58.1 Å². The van der Waals surface area contributed by atoms with Gasteiger partial charge in [-0.3, -0.25) is 4.79 Å². The Kier molecular flexibility index (Phi) is 4.91. The van der Waals surface area contributed by atoms with Crippen LogP contribution in [0.1, 0.15) is 61.1 Å². The molecule has 9 heteroatoms. The van der Waals surface area contributed by atoms with Crippen LogP contribution in [-0.4, -0.2) is 50.1 Å². The molecule has 0 aromatic carbocycles. The van der Waals surface area contributed by atoms with Crippen LogP contribution in [0.5, 0.6) is 0 Å². The molecule has 0 saturated carbocycles. The molecule has 1 aliphatic heterocycles. The number of fused-ring (bicyclic) bond motifs is 3. The zero-order valence-electron chi connectivity index (χ0n) is 17.6. The summed E-state index contributed by atoms with van der Waals surface area (Å²) in [4.78, 5) is 34.8. The number of likely N-dealkylation sites (tertiary alicyclic amines) is 1. The van der Waals surface area contributed by atoms with Crippen molar-refractivity contribution in [3.05, 3.63) is 29.1 Å². The van der Waals surface area contributed by atoms with Crippen molar-refractivity contribution < 1.29 is 14.3 Å². The second-order valence-electron chi connectivity index (χ2n) is 8.94. The van der Waals surface area contributed by atoms with Crippen molar-refractivity contribution in [1.29, 1.82) is 0 Å². The fraction of sp³-hybridized carbons (Fsp3) is 0.524. The summed E-state index contributed by atoms with van der Waals surface area (Å²) in [7, 11) is 0. The van der Waals surface area contributed by atoms with Crippen LogP contribution in [0.4, 0.5) is 10.7 Å². The van der Waals surface area contributed by atoms with E-state index in [4.69, 9.17) is 16.2 Å². The zero-order chi connectivity index (χ0) is 21.6. The molecule has 4 rings (SSSR count). The van der Waals surface area contributed by atoms with Crippen LogP contribution in [-0.2, 0) is 17.6 Å². The summed E-state index contributed by atoms with van der Waals surface area (Å²) in [6.07, 6.45) is 6.24. The van der Waals surface area contributed by atoms with Gasteiger partial charge in [0.1, 0.15) is 5.60 Å². The molecule has 160 valence electrons. The van der Waals surface area contributed by atoms with Gasteiger partial charge in [0.05, 0.1) is 17.0 Å². The quantitative estimate of drug-likeness (QED) is 0.778. The number of aromatic nitrogens is 3. The first-order chi connectivity index (χ1) is 14.1. The molecule has 4 N–H and O–H groups in total.